The predicted molar refractivity (Wildman–Crippen MR) is 96.4 cm³/mol. The first-order valence-corrected chi connectivity index (χ1v) is 8.00. The van der Waals surface area contributed by atoms with Gasteiger partial charge in [-0.05, 0) is 30.7 Å². The van der Waals surface area contributed by atoms with Crippen LogP contribution in [0.15, 0.2) is 47.3 Å². The van der Waals surface area contributed by atoms with E-state index in [2.05, 4.69) is 20.5 Å². The molecule has 1 heterocycles. The van der Waals surface area contributed by atoms with Crippen LogP contribution in [0.25, 0.3) is 0 Å². The van der Waals surface area contributed by atoms with Crippen LogP contribution < -0.4 is 10.9 Å². The van der Waals surface area contributed by atoms with E-state index in [0.29, 0.717) is 27.8 Å². The second-order valence-electron chi connectivity index (χ2n) is 5.36. The molecule has 0 bridgehead atoms. The summed E-state index contributed by atoms with van der Waals surface area (Å²) in [4.78, 5) is 14.9. The van der Waals surface area contributed by atoms with Crippen LogP contribution in [0.1, 0.15) is 16.8 Å². The largest absolute Gasteiger partial charge is 0.323 e. The summed E-state index contributed by atoms with van der Waals surface area (Å²) in [6.45, 7) is 2.01. The Kier molecular flexibility index (Phi) is 4.83. The number of halogens is 2. The molecule has 0 aliphatic rings. The molecule has 0 amide bonds. The van der Waals surface area contributed by atoms with E-state index in [-0.39, 0.29) is 11.5 Å². The zero-order chi connectivity index (χ0) is 17.1. The smallest absolute Gasteiger partial charge is 0.274 e. The number of rotatable bonds is 4. The molecule has 0 saturated heterocycles. The lowest BCUT2D eigenvalue weighted by molar-refractivity contribution is 0.874. The third kappa shape index (κ3) is 3.93. The number of benzene rings is 2. The molecule has 1 aromatic heterocycles. The molecule has 0 spiro atoms. The third-order valence-electron chi connectivity index (χ3n) is 3.44. The van der Waals surface area contributed by atoms with Crippen LogP contribution in [-0.4, -0.2) is 15.2 Å². The Labute approximate surface area is 148 Å². The second kappa shape index (κ2) is 7.03. The molecule has 122 valence electrons. The average molecular weight is 361 g/mol. The van der Waals surface area contributed by atoms with Gasteiger partial charge in [0.05, 0.1) is 10.7 Å². The molecule has 0 radical (unpaired) electrons. The minimum atomic E-state index is -0.293. The van der Waals surface area contributed by atoms with E-state index >= 15 is 0 Å². The first-order chi connectivity index (χ1) is 11.5. The van der Waals surface area contributed by atoms with Crippen molar-refractivity contribution in [1.29, 1.82) is 0 Å². The van der Waals surface area contributed by atoms with E-state index in [1.807, 2.05) is 31.2 Å². The van der Waals surface area contributed by atoms with E-state index < -0.39 is 0 Å². The molecule has 0 saturated carbocycles. The van der Waals surface area contributed by atoms with Gasteiger partial charge in [-0.25, -0.2) is 0 Å². The number of aryl methyl sites for hydroxylation is 1. The lowest BCUT2D eigenvalue weighted by Gasteiger charge is -2.07. The van der Waals surface area contributed by atoms with Crippen LogP contribution in [-0.2, 0) is 6.42 Å². The summed E-state index contributed by atoms with van der Waals surface area (Å²) in [5.74, 6) is 0.219. The summed E-state index contributed by atoms with van der Waals surface area (Å²) in [6.07, 6.45) is 0.421. The maximum atomic E-state index is 12.2. The fraction of sp³-hybridized carbons (Fsp3) is 0.118. The number of nitrogens with one attached hydrogen (secondary N) is 2. The van der Waals surface area contributed by atoms with Crippen LogP contribution >= 0.6 is 23.2 Å². The lowest BCUT2D eigenvalue weighted by atomic mass is 10.1. The zero-order valence-electron chi connectivity index (χ0n) is 12.8. The zero-order valence-corrected chi connectivity index (χ0v) is 14.3. The molecule has 3 aromatic rings. The average Bonchev–Trinajstić information content (AvgIpc) is 2.55. The van der Waals surface area contributed by atoms with Crippen molar-refractivity contribution in [3.63, 3.8) is 0 Å². The van der Waals surface area contributed by atoms with Gasteiger partial charge in [-0.3, -0.25) is 9.78 Å². The maximum absolute atomic E-state index is 12.2. The molecule has 24 heavy (non-hydrogen) atoms. The quantitative estimate of drug-likeness (QED) is 0.734. The van der Waals surface area contributed by atoms with Crippen LogP contribution in [0.2, 0.25) is 10.0 Å². The minimum absolute atomic E-state index is 0.219. The number of nitrogens with zero attached hydrogens (tertiary/aromatic N) is 2. The Morgan fingerprint density at radius 1 is 1.08 bits per heavy atom. The van der Waals surface area contributed by atoms with Crippen molar-refractivity contribution in [2.75, 3.05) is 5.32 Å². The van der Waals surface area contributed by atoms with E-state index in [4.69, 9.17) is 23.2 Å². The molecule has 0 fully saturated rings. The molecule has 2 N–H and O–H groups in total. The summed E-state index contributed by atoms with van der Waals surface area (Å²) in [6, 6.07) is 12.9. The van der Waals surface area contributed by atoms with Gasteiger partial charge in [0.25, 0.3) is 5.56 Å². The third-order valence-corrected chi connectivity index (χ3v) is 3.99. The van der Waals surface area contributed by atoms with E-state index in [1.54, 1.807) is 18.2 Å². The topological polar surface area (TPSA) is 70.7 Å². The van der Waals surface area contributed by atoms with Crippen molar-refractivity contribution in [1.82, 2.24) is 15.2 Å². The van der Waals surface area contributed by atoms with Gasteiger partial charge >= 0.3 is 0 Å². The number of hydrogen-bond donors (Lipinski definition) is 2. The number of aromatic amines is 1. The normalized spacial score (nSPS) is 10.6. The highest BCUT2D eigenvalue weighted by atomic mass is 35.5. The molecule has 3 rings (SSSR count). The lowest BCUT2D eigenvalue weighted by Crippen LogP contribution is -2.18. The van der Waals surface area contributed by atoms with Crippen molar-refractivity contribution in [3.8, 4) is 0 Å². The van der Waals surface area contributed by atoms with Gasteiger partial charge in [0.2, 0.25) is 5.95 Å². The highest BCUT2D eigenvalue weighted by Crippen LogP contribution is 2.26. The number of hydrogen-bond acceptors (Lipinski definition) is 4. The fourth-order valence-corrected chi connectivity index (χ4v) is 2.61. The fourth-order valence-electron chi connectivity index (χ4n) is 2.15. The van der Waals surface area contributed by atoms with Gasteiger partial charge in [-0.1, -0.05) is 53.0 Å². The van der Waals surface area contributed by atoms with Crippen LogP contribution in [0.3, 0.4) is 0 Å². The number of aromatic nitrogens is 3. The maximum Gasteiger partial charge on any atom is 0.274 e. The second-order valence-corrected chi connectivity index (χ2v) is 6.20. The van der Waals surface area contributed by atoms with Crippen molar-refractivity contribution < 1.29 is 0 Å². The monoisotopic (exact) mass is 360 g/mol. The molecule has 7 heteroatoms. The summed E-state index contributed by atoms with van der Waals surface area (Å²) < 4.78 is 0. The van der Waals surface area contributed by atoms with Gasteiger partial charge in [-0.15, -0.1) is 10.2 Å². The van der Waals surface area contributed by atoms with Gasteiger partial charge in [-0.2, -0.15) is 0 Å². The molecule has 0 atom stereocenters. The summed E-state index contributed by atoms with van der Waals surface area (Å²) in [5.41, 5.74) is 2.81. The van der Waals surface area contributed by atoms with E-state index in [9.17, 15) is 4.79 Å². The molecular weight excluding hydrogens is 347 g/mol. The Morgan fingerprint density at radius 2 is 1.83 bits per heavy atom. The van der Waals surface area contributed by atoms with Crippen LogP contribution in [0, 0.1) is 6.92 Å². The molecule has 2 aromatic carbocycles. The summed E-state index contributed by atoms with van der Waals surface area (Å²) in [7, 11) is 0. The van der Waals surface area contributed by atoms with Gasteiger partial charge in [0.1, 0.15) is 5.69 Å². The number of H-pyrrole nitrogens is 1. The highest BCUT2D eigenvalue weighted by Gasteiger charge is 2.08. The first kappa shape index (κ1) is 16.5. The highest BCUT2D eigenvalue weighted by molar-refractivity contribution is 6.36. The summed E-state index contributed by atoms with van der Waals surface area (Å²) in [5, 5.41) is 11.9. The van der Waals surface area contributed by atoms with E-state index in [0.717, 1.165) is 11.1 Å². The molecule has 0 aliphatic carbocycles. The van der Waals surface area contributed by atoms with Crippen molar-refractivity contribution in [2.45, 2.75) is 13.3 Å². The van der Waals surface area contributed by atoms with Gasteiger partial charge in [0, 0.05) is 11.4 Å². The van der Waals surface area contributed by atoms with Crippen molar-refractivity contribution >= 4 is 34.8 Å². The van der Waals surface area contributed by atoms with Crippen molar-refractivity contribution in [3.05, 3.63) is 79.7 Å². The Hall–Kier alpha value is -2.37. The number of anilines is 2. The Morgan fingerprint density at radius 3 is 2.50 bits per heavy atom. The molecule has 0 aliphatic heterocycles. The van der Waals surface area contributed by atoms with Crippen LogP contribution in [0.5, 0.6) is 0 Å². The minimum Gasteiger partial charge on any atom is -0.323 e. The Bertz CT molecular complexity index is 923. The molecular formula is C17H14Cl2N4O. The Balaban J connectivity index is 1.79. The first-order valence-electron chi connectivity index (χ1n) is 7.25. The summed E-state index contributed by atoms with van der Waals surface area (Å²) >= 11 is 11.9. The standard InChI is InChI=1S/C17H14Cl2N4O/c1-10-2-4-11(5-3-10)8-15-16(24)21-17(23-22-15)20-14-7-6-12(18)9-13(14)19/h2-7,9H,8H2,1H3,(H2,20,21,23,24). The predicted octanol–water partition coefficient (Wildman–Crippen LogP) is 4.11. The molecule has 5 nitrogen and oxygen atoms in total. The molecule has 0 unspecified atom stereocenters. The van der Waals surface area contributed by atoms with E-state index in [1.165, 1.54) is 0 Å². The SMILES string of the molecule is Cc1ccc(Cc2nnc(Nc3ccc(Cl)cc3Cl)[nH]c2=O)cc1. The van der Waals surface area contributed by atoms with Crippen molar-refractivity contribution in [2.24, 2.45) is 0 Å². The van der Waals surface area contributed by atoms with Gasteiger partial charge < -0.3 is 5.32 Å². The van der Waals surface area contributed by atoms with Crippen LogP contribution in [0.4, 0.5) is 11.6 Å². The van der Waals surface area contributed by atoms with Gasteiger partial charge in [0.15, 0.2) is 0 Å².